The van der Waals surface area contributed by atoms with Crippen molar-refractivity contribution in [3.63, 3.8) is 0 Å². The summed E-state index contributed by atoms with van der Waals surface area (Å²) in [5.74, 6) is -0.384. The lowest BCUT2D eigenvalue weighted by Crippen LogP contribution is -2.00. The van der Waals surface area contributed by atoms with Crippen LogP contribution in [0.3, 0.4) is 0 Å². The van der Waals surface area contributed by atoms with Crippen LogP contribution in [-0.4, -0.2) is 18.2 Å². The predicted octanol–water partition coefficient (Wildman–Crippen LogP) is 2.76. The number of halogens is 3. The number of benzene rings is 1. The zero-order chi connectivity index (χ0) is 13.3. The number of aromatic nitrogens is 2. The molecule has 8 heteroatoms. The maximum atomic E-state index is 13.3. The van der Waals surface area contributed by atoms with Crippen molar-refractivity contribution in [1.82, 2.24) is 9.78 Å². The number of rotatable bonds is 3. The molecule has 1 heterocycles. The molecule has 0 unspecified atom stereocenters. The van der Waals surface area contributed by atoms with Crippen LogP contribution in [-0.2, 0) is 15.6 Å². The minimum absolute atomic E-state index is 0.0817. The van der Waals surface area contributed by atoms with Crippen molar-refractivity contribution in [1.29, 1.82) is 0 Å². The molecule has 0 aliphatic heterocycles. The molecule has 0 atom stereocenters. The van der Waals surface area contributed by atoms with Gasteiger partial charge in [0.1, 0.15) is 10.7 Å². The smallest absolute Gasteiger partial charge is 0.264 e. The molecule has 0 amide bonds. The quantitative estimate of drug-likeness (QED) is 0.797. The van der Waals surface area contributed by atoms with Crippen LogP contribution in [0.25, 0.3) is 0 Å². The Morgan fingerprint density at radius 1 is 1.44 bits per heavy atom. The van der Waals surface area contributed by atoms with E-state index >= 15 is 0 Å². The largest absolute Gasteiger partial charge is 0.267 e. The van der Waals surface area contributed by atoms with Crippen molar-refractivity contribution in [3.8, 4) is 0 Å². The van der Waals surface area contributed by atoms with Crippen LogP contribution in [0, 0.1) is 5.82 Å². The zero-order valence-corrected chi connectivity index (χ0v) is 12.0. The van der Waals surface area contributed by atoms with E-state index in [4.69, 9.17) is 10.7 Å². The van der Waals surface area contributed by atoms with Crippen molar-refractivity contribution in [2.24, 2.45) is 0 Å². The number of hydrogen-bond donors (Lipinski definition) is 0. The molecule has 0 aliphatic carbocycles. The maximum absolute atomic E-state index is 13.3. The van der Waals surface area contributed by atoms with Crippen molar-refractivity contribution in [2.45, 2.75) is 11.4 Å². The Hall–Kier alpha value is -0.920. The summed E-state index contributed by atoms with van der Waals surface area (Å²) in [5.41, 5.74) is 0.664. The standard InChI is InChI=1S/C10H7BrClFN2O2S/c11-9-2-1-7(3-10(9)13)5-15-6-8(4-14-15)18(12,16)17/h1-4,6H,5H2. The molecule has 2 rings (SSSR count). The predicted molar refractivity (Wildman–Crippen MR) is 68.5 cm³/mol. The van der Waals surface area contributed by atoms with Crippen LogP contribution in [0.2, 0.25) is 0 Å². The number of hydrogen-bond acceptors (Lipinski definition) is 3. The second kappa shape index (κ2) is 4.99. The van der Waals surface area contributed by atoms with E-state index in [0.29, 0.717) is 10.0 Å². The molecule has 0 fully saturated rings. The Labute approximate surface area is 116 Å². The summed E-state index contributed by atoms with van der Waals surface area (Å²) >= 11 is 3.05. The van der Waals surface area contributed by atoms with Gasteiger partial charge in [-0.2, -0.15) is 5.10 Å². The Bertz CT molecular complexity index is 687. The van der Waals surface area contributed by atoms with E-state index in [1.165, 1.54) is 16.9 Å². The van der Waals surface area contributed by atoms with Crippen molar-refractivity contribution < 1.29 is 12.8 Å². The van der Waals surface area contributed by atoms with Crippen LogP contribution >= 0.6 is 26.6 Å². The summed E-state index contributed by atoms with van der Waals surface area (Å²) in [7, 11) is 1.39. The van der Waals surface area contributed by atoms with Crippen LogP contribution in [0.15, 0.2) is 40.0 Å². The van der Waals surface area contributed by atoms with Gasteiger partial charge >= 0.3 is 0 Å². The zero-order valence-electron chi connectivity index (χ0n) is 8.85. The minimum Gasteiger partial charge on any atom is -0.267 e. The van der Waals surface area contributed by atoms with E-state index in [9.17, 15) is 12.8 Å². The molecule has 0 N–H and O–H groups in total. The molecule has 2 aromatic rings. The highest BCUT2D eigenvalue weighted by Gasteiger charge is 2.12. The fourth-order valence-corrected chi connectivity index (χ4v) is 2.29. The topological polar surface area (TPSA) is 52.0 Å². The van der Waals surface area contributed by atoms with Gasteiger partial charge in [-0.25, -0.2) is 12.8 Å². The molecular formula is C10H7BrClFN2O2S. The molecule has 18 heavy (non-hydrogen) atoms. The first kappa shape index (κ1) is 13.5. The van der Waals surface area contributed by atoms with Gasteiger partial charge in [-0.05, 0) is 33.6 Å². The fraction of sp³-hybridized carbons (Fsp3) is 0.100. The molecule has 0 radical (unpaired) electrons. The molecule has 96 valence electrons. The van der Waals surface area contributed by atoms with E-state index in [2.05, 4.69) is 21.0 Å². The first-order valence-electron chi connectivity index (χ1n) is 4.77. The summed E-state index contributed by atoms with van der Waals surface area (Å²) in [6.07, 6.45) is 2.44. The van der Waals surface area contributed by atoms with Gasteiger partial charge in [0.2, 0.25) is 0 Å². The van der Waals surface area contributed by atoms with Gasteiger partial charge in [0.15, 0.2) is 0 Å². The minimum atomic E-state index is -3.78. The Balaban J connectivity index is 2.24. The summed E-state index contributed by atoms with van der Waals surface area (Å²) in [6, 6.07) is 4.64. The molecule has 0 saturated heterocycles. The van der Waals surface area contributed by atoms with Gasteiger partial charge in [0.05, 0.1) is 17.2 Å². The Kier molecular flexibility index (Phi) is 3.74. The highest BCUT2D eigenvalue weighted by Crippen LogP contribution is 2.18. The van der Waals surface area contributed by atoms with Gasteiger partial charge in [0, 0.05) is 16.9 Å². The molecule has 0 spiro atoms. The van der Waals surface area contributed by atoms with E-state index in [1.54, 1.807) is 12.1 Å². The maximum Gasteiger partial charge on any atom is 0.264 e. The van der Waals surface area contributed by atoms with E-state index in [-0.39, 0.29) is 17.3 Å². The second-order valence-corrected chi connectivity index (χ2v) is 6.98. The van der Waals surface area contributed by atoms with Crippen LogP contribution < -0.4 is 0 Å². The Morgan fingerprint density at radius 3 is 2.72 bits per heavy atom. The fourth-order valence-electron chi connectivity index (χ4n) is 1.38. The van der Waals surface area contributed by atoms with Gasteiger partial charge < -0.3 is 0 Å². The molecular weight excluding hydrogens is 347 g/mol. The molecule has 1 aromatic carbocycles. The third-order valence-corrected chi connectivity index (χ3v) is 4.17. The molecule has 0 bridgehead atoms. The summed E-state index contributed by atoms with van der Waals surface area (Å²) in [6.45, 7) is 0.261. The van der Waals surface area contributed by atoms with E-state index in [0.717, 1.165) is 6.20 Å². The van der Waals surface area contributed by atoms with Crippen LogP contribution in [0.5, 0.6) is 0 Å². The van der Waals surface area contributed by atoms with Crippen LogP contribution in [0.1, 0.15) is 5.56 Å². The molecule has 0 aliphatic rings. The van der Waals surface area contributed by atoms with Crippen LogP contribution in [0.4, 0.5) is 4.39 Å². The third kappa shape index (κ3) is 3.09. The lowest BCUT2D eigenvalue weighted by atomic mass is 10.2. The van der Waals surface area contributed by atoms with Gasteiger partial charge in [-0.3, -0.25) is 4.68 Å². The van der Waals surface area contributed by atoms with Gasteiger partial charge in [-0.15, -0.1) is 0 Å². The van der Waals surface area contributed by atoms with Crippen molar-refractivity contribution >= 4 is 35.7 Å². The first-order chi connectivity index (χ1) is 8.36. The molecule has 4 nitrogen and oxygen atoms in total. The second-order valence-electron chi connectivity index (χ2n) is 3.56. The average molecular weight is 354 g/mol. The average Bonchev–Trinajstić information content (AvgIpc) is 2.72. The summed E-state index contributed by atoms with van der Waals surface area (Å²) < 4.78 is 37.1. The van der Waals surface area contributed by atoms with Gasteiger partial charge in [0.25, 0.3) is 9.05 Å². The first-order valence-corrected chi connectivity index (χ1v) is 7.87. The lowest BCUT2D eigenvalue weighted by molar-refractivity contribution is 0.607. The molecule has 1 aromatic heterocycles. The number of nitrogens with zero attached hydrogens (tertiary/aromatic N) is 2. The SMILES string of the molecule is O=S(=O)(Cl)c1cnn(Cc2ccc(Br)c(F)c2)c1. The van der Waals surface area contributed by atoms with E-state index < -0.39 is 9.05 Å². The monoisotopic (exact) mass is 352 g/mol. The van der Waals surface area contributed by atoms with E-state index in [1.807, 2.05) is 0 Å². The third-order valence-electron chi connectivity index (χ3n) is 2.22. The van der Waals surface area contributed by atoms with Gasteiger partial charge in [-0.1, -0.05) is 6.07 Å². The normalized spacial score (nSPS) is 11.7. The molecule has 0 saturated carbocycles. The Morgan fingerprint density at radius 2 is 2.17 bits per heavy atom. The summed E-state index contributed by atoms with van der Waals surface area (Å²) in [4.78, 5) is -0.0817. The lowest BCUT2D eigenvalue weighted by Gasteiger charge is -2.02. The van der Waals surface area contributed by atoms with Crippen molar-refractivity contribution in [3.05, 3.63) is 46.4 Å². The highest BCUT2D eigenvalue weighted by atomic mass is 79.9. The van der Waals surface area contributed by atoms with Crippen molar-refractivity contribution in [2.75, 3.05) is 0 Å². The highest BCUT2D eigenvalue weighted by molar-refractivity contribution is 9.10. The summed E-state index contributed by atoms with van der Waals surface area (Å²) in [5, 5.41) is 3.85.